The lowest BCUT2D eigenvalue weighted by atomic mass is 10.2. The summed E-state index contributed by atoms with van der Waals surface area (Å²) in [6.45, 7) is 8.41. The molecule has 5 nitrogen and oxygen atoms in total. The van der Waals surface area contributed by atoms with Crippen LogP contribution in [0.5, 0.6) is 0 Å². The predicted octanol–water partition coefficient (Wildman–Crippen LogP) is 4.25. The minimum atomic E-state index is -0.0592. The van der Waals surface area contributed by atoms with Gasteiger partial charge in [-0.15, -0.1) is 11.3 Å². The number of allylic oxidation sites excluding steroid dienone is 3. The molecule has 6 heteroatoms. The van der Waals surface area contributed by atoms with Crippen LogP contribution in [-0.2, 0) is 11.3 Å². The third-order valence-corrected chi connectivity index (χ3v) is 4.78. The summed E-state index contributed by atoms with van der Waals surface area (Å²) in [5, 5.41) is 9.59. The van der Waals surface area contributed by atoms with Gasteiger partial charge in [-0.25, -0.2) is 4.98 Å². The molecule has 0 saturated carbocycles. The fourth-order valence-electron chi connectivity index (χ4n) is 2.40. The Morgan fingerprint density at radius 1 is 1.33 bits per heavy atom. The number of hydrogen-bond acceptors (Lipinski definition) is 6. The zero-order chi connectivity index (χ0) is 19.6. The first kappa shape index (κ1) is 20.6. The molecule has 0 bridgehead atoms. The van der Waals surface area contributed by atoms with E-state index in [9.17, 15) is 4.79 Å². The molecule has 142 valence electrons. The summed E-state index contributed by atoms with van der Waals surface area (Å²) >= 11 is 1.48. The van der Waals surface area contributed by atoms with Gasteiger partial charge in [0.05, 0.1) is 13.2 Å². The van der Waals surface area contributed by atoms with E-state index in [-0.39, 0.29) is 13.2 Å². The summed E-state index contributed by atoms with van der Waals surface area (Å²) < 4.78 is 5.29. The van der Waals surface area contributed by atoms with E-state index in [0.717, 1.165) is 27.6 Å². The standard InChI is InChI=1S/C21H24N2O3S/c1-4-19(11-10-16(2)26-13-12-24)23(14-18-8-6-5-7-9-18)21-22-20(15-25)17(3)27-21/h4-11,15,24H,2,12-14H2,1,3H3/b11-10-,19-4+. The number of nitrogens with zero attached hydrogens (tertiary/aromatic N) is 2. The molecular formula is C21H24N2O3S. The summed E-state index contributed by atoms with van der Waals surface area (Å²) in [5.74, 6) is 0.465. The van der Waals surface area contributed by atoms with E-state index in [1.54, 1.807) is 6.08 Å². The molecule has 0 amide bonds. The van der Waals surface area contributed by atoms with Crippen molar-refractivity contribution < 1.29 is 14.6 Å². The highest BCUT2D eigenvalue weighted by Gasteiger charge is 2.17. The minimum absolute atomic E-state index is 0.0592. The number of thiazole rings is 1. The van der Waals surface area contributed by atoms with E-state index in [1.165, 1.54) is 11.3 Å². The highest BCUT2D eigenvalue weighted by atomic mass is 32.1. The summed E-state index contributed by atoms with van der Waals surface area (Å²) in [6, 6.07) is 10.1. The Kier molecular flexibility index (Phi) is 7.98. The van der Waals surface area contributed by atoms with Crippen molar-refractivity contribution in [2.45, 2.75) is 20.4 Å². The van der Waals surface area contributed by atoms with E-state index in [0.29, 0.717) is 18.0 Å². The molecule has 0 aliphatic carbocycles. The average molecular weight is 385 g/mol. The van der Waals surface area contributed by atoms with Crippen molar-refractivity contribution in [2.24, 2.45) is 0 Å². The summed E-state index contributed by atoms with van der Waals surface area (Å²) in [7, 11) is 0. The quantitative estimate of drug-likeness (QED) is 0.377. The maximum absolute atomic E-state index is 11.2. The number of aldehydes is 1. The molecule has 0 aliphatic rings. The van der Waals surface area contributed by atoms with E-state index in [4.69, 9.17) is 9.84 Å². The largest absolute Gasteiger partial charge is 0.492 e. The number of aromatic nitrogens is 1. The Hall–Kier alpha value is -2.70. The third kappa shape index (κ3) is 5.91. The van der Waals surface area contributed by atoms with Crippen molar-refractivity contribution in [3.63, 3.8) is 0 Å². The fraction of sp³-hybridized carbons (Fsp3) is 0.238. The Morgan fingerprint density at radius 2 is 2.07 bits per heavy atom. The highest BCUT2D eigenvalue weighted by Crippen LogP contribution is 2.29. The van der Waals surface area contributed by atoms with Crippen molar-refractivity contribution in [3.8, 4) is 0 Å². The normalized spacial score (nSPS) is 11.6. The molecule has 0 radical (unpaired) electrons. The number of rotatable bonds is 10. The fourth-order valence-corrected chi connectivity index (χ4v) is 3.30. The second-order valence-electron chi connectivity index (χ2n) is 5.71. The van der Waals surface area contributed by atoms with E-state index < -0.39 is 0 Å². The number of anilines is 1. The Labute approximate surface area is 163 Å². The van der Waals surface area contributed by atoms with Crippen LogP contribution in [0.1, 0.15) is 27.9 Å². The maximum atomic E-state index is 11.2. The number of aryl methyl sites for hydroxylation is 1. The second-order valence-corrected chi connectivity index (χ2v) is 6.89. The molecule has 0 unspecified atom stereocenters. The van der Waals surface area contributed by atoms with Gasteiger partial charge in [0, 0.05) is 10.6 Å². The van der Waals surface area contributed by atoms with Crippen LogP contribution in [-0.4, -0.2) is 29.6 Å². The van der Waals surface area contributed by atoms with Crippen LogP contribution in [0.15, 0.2) is 66.6 Å². The number of hydrogen-bond donors (Lipinski definition) is 1. The lowest BCUT2D eigenvalue weighted by Crippen LogP contribution is -2.21. The Morgan fingerprint density at radius 3 is 2.67 bits per heavy atom. The Balaban J connectivity index is 2.33. The number of aliphatic hydroxyl groups excluding tert-OH is 1. The van der Waals surface area contributed by atoms with Gasteiger partial charge < -0.3 is 14.7 Å². The van der Waals surface area contributed by atoms with Gasteiger partial charge in [-0.05, 0) is 31.6 Å². The summed E-state index contributed by atoms with van der Waals surface area (Å²) in [6.07, 6.45) is 6.39. The first-order chi connectivity index (χ1) is 13.1. The SMILES string of the molecule is C=C(/C=C\C(=C/C)N(Cc1ccccc1)c1nc(C=O)c(C)s1)OCCO. The van der Waals surface area contributed by atoms with E-state index in [1.807, 2.05) is 56.3 Å². The van der Waals surface area contributed by atoms with Gasteiger partial charge in [-0.3, -0.25) is 4.79 Å². The maximum Gasteiger partial charge on any atom is 0.191 e. The van der Waals surface area contributed by atoms with Crippen LogP contribution in [0.3, 0.4) is 0 Å². The number of aliphatic hydroxyl groups is 1. The van der Waals surface area contributed by atoms with Gasteiger partial charge in [-0.1, -0.05) is 43.0 Å². The molecule has 1 heterocycles. The van der Waals surface area contributed by atoms with Gasteiger partial charge in [0.2, 0.25) is 0 Å². The van der Waals surface area contributed by atoms with Crippen LogP contribution >= 0.6 is 11.3 Å². The van der Waals surface area contributed by atoms with Gasteiger partial charge in [0.15, 0.2) is 11.4 Å². The zero-order valence-corrected chi connectivity index (χ0v) is 16.4. The number of carbonyl (C=O) groups is 1. The van der Waals surface area contributed by atoms with Crippen LogP contribution in [0.4, 0.5) is 5.13 Å². The summed E-state index contributed by atoms with van der Waals surface area (Å²) in [5.41, 5.74) is 2.49. The van der Waals surface area contributed by atoms with Crippen LogP contribution < -0.4 is 4.90 Å². The molecule has 0 spiro atoms. The minimum Gasteiger partial charge on any atom is -0.492 e. The smallest absolute Gasteiger partial charge is 0.191 e. The van der Waals surface area contributed by atoms with Crippen LogP contribution in [0.25, 0.3) is 0 Å². The lowest BCUT2D eigenvalue weighted by Gasteiger charge is -2.23. The second kappa shape index (κ2) is 10.4. The van der Waals surface area contributed by atoms with Gasteiger partial charge >= 0.3 is 0 Å². The third-order valence-electron chi connectivity index (χ3n) is 3.77. The molecule has 1 N–H and O–H groups in total. The van der Waals surface area contributed by atoms with E-state index >= 15 is 0 Å². The molecule has 0 aliphatic heterocycles. The van der Waals surface area contributed by atoms with Gasteiger partial charge in [0.25, 0.3) is 0 Å². The van der Waals surface area contributed by atoms with Gasteiger partial charge in [-0.2, -0.15) is 0 Å². The molecule has 2 rings (SSSR count). The number of ether oxygens (including phenoxy) is 1. The van der Waals surface area contributed by atoms with E-state index in [2.05, 4.69) is 16.5 Å². The lowest BCUT2D eigenvalue weighted by molar-refractivity contribution is 0.111. The molecule has 2 aromatic rings. The molecule has 1 aromatic carbocycles. The van der Waals surface area contributed by atoms with Crippen LogP contribution in [0, 0.1) is 6.92 Å². The van der Waals surface area contributed by atoms with Crippen LogP contribution in [0.2, 0.25) is 0 Å². The van der Waals surface area contributed by atoms with Crippen molar-refractivity contribution in [2.75, 3.05) is 18.1 Å². The number of benzene rings is 1. The monoisotopic (exact) mass is 384 g/mol. The van der Waals surface area contributed by atoms with Crippen molar-refractivity contribution in [3.05, 3.63) is 82.7 Å². The predicted molar refractivity (Wildman–Crippen MR) is 110 cm³/mol. The number of carbonyl (C=O) groups excluding carboxylic acids is 1. The first-order valence-corrected chi connectivity index (χ1v) is 9.41. The molecule has 0 fully saturated rings. The van der Waals surface area contributed by atoms with Crippen molar-refractivity contribution in [1.82, 2.24) is 4.98 Å². The average Bonchev–Trinajstić information content (AvgIpc) is 3.07. The zero-order valence-electron chi connectivity index (χ0n) is 15.6. The molecule has 27 heavy (non-hydrogen) atoms. The topological polar surface area (TPSA) is 62.7 Å². The van der Waals surface area contributed by atoms with Crippen molar-refractivity contribution in [1.29, 1.82) is 0 Å². The molecule has 0 saturated heterocycles. The van der Waals surface area contributed by atoms with Gasteiger partial charge in [0.1, 0.15) is 18.1 Å². The highest BCUT2D eigenvalue weighted by molar-refractivity contribution is 7.15. The molecule has 0 atom stereocenters. The molecule has 1 aromatic heterocycles. The summed E-state index contributed by atoms with van der Waals surface area (Å²) in [4.78, 5) is 18.6. The first-order valence-electron chi connectivity index (χ1n) is 8.60. The molecular weight excluding hydrogens is 360 g/mol. The van der Waals surface area contributed by atoms with Crippen molar-refractivity contribution >= 4 is 22.8 Å². The Bertz CT molecular complexity index is 825.